The van der Waals surface area contributed by atoms with Crippen LogP contribution in [0, 0.1) is 6.07 Å². The Bertz CT molecular complexity index is 567. The van der Waals surface area contributed by atoms with Gasteiger partial charge >= 0.3 is 0 Å². The molecule has 0 heterocycles. The average Bonchev–Trinajstić information content (AvgIpc) is 2.48. The van der Waals surface area contributed by atoms with Gasteiger partial charge in [-0.2, -0.15) is 0 Å². The van der Waals surface area contributed by atoms with E-state index in [1.54, 1.807) is 11.9 Å². The summed E-state index contributed by atoms with van der Waals surface area (Å²) in [5.74, 6) is -0.545. The van der Waals surface area contributed by atoms with Gasteiger partial charge in [-0.15, -0.1) is 0 Å². The van der Waals surface area contributed by atoms with Crippen molar-refractivity contribution in [2.24, 2.45) is 5.73 Å². The third-order valence-electron chi connectivity index (χ3n) is 3.28. The second kappa shape index (κ2) is 6.21. The van der Waals surface area contributed by atoms with Gasteiger partial charge in [0.05, 0.1) is 6.61 Å². The molecule has 1 unspecified atom stereocenters. The van der Waals surface area contributed by atoms with Crippen molar-refractivity contribution < 1.29 is 9.90 Å². The van der Waals surface area contributed by atoms with Gasteiger partial charge in [-0.05, 0) is 35.4 Å². The molecule has 0 bridgehead atoms. The number of carbonyl (C=O) groups excluding carboxylic acids is 1. The minimum Gasteiger partial charge on any atom is -0.394 e. The van der Waals surface area contributed by atoms with E-state index in [1.165, 1.54) is 0 Å². The molecular weight excluding hydrogens is 252 g/mol. The zero-order valence-corrected chi connectivity index (χ0v) is 11.3. The predicted octanol–water partition coefficient (Wildman–Crippen LogP) is 1.44. The summed E-state index contributed by atoms with van der Waals surface area (Å²) in [6, 6.07) is 17.7. The van der Waals surface area contributed by atoms with E-state index in [1.807, 2.05) is 48.5 Å². The van der Waals surface area contributed by atoms with Gasteiger partial charge in [0.1, 0.15) is 6.04 Å². The summed E-state index contributed by atoms with van der Waals surface area (Å²) in [4.78, 5) is 12.9. The fraction of sp³-hybridized carbons (Fsp3) is 0.188. The lowest BCUT2D eigenvalue weighted by molar-refractivity contribution is -0.120. The van der Waals surface area contributed by atoms with Crippen LogP contribution in [0.4, 0.5) is 5.69 Å². The molecule has 0 fully saturated rings. The van der Waals surface area contributed by atoms with Gasteiger partial charge in [0, 0.05) is 12.7 Å². The quantitative estimate of drug-likeness (QED) is 0.863. The summed E-state index contributed by atoms with van der Waals surface area (Å²) >= 11 is 0. The van der Waals surface area contributed by atoms with Crippen molar-refractivity contribution in [3.05, 3.63) is 54.6 Å². The Morgan fingerprint density at radius 3 is 2.50 bits per heavy atom. The fourth-order valence-corrected chi connectivity index (χ4v) is 2.05. The largest absolute Gasteiger partial charge is 0.394 e. The Hall–Kier alpha value is -2.33. The smallest absolute Gasteiger partial charge is 0.242 e. The van der Waals surface area contributed by atoms with E-state index in [4.69, 9.17) is 5.73 Å². The highest BCUT2D eigenvalue weighted by Gasteiger charge is 2.19. The first kappa shape index (κ1) is 14.1. The molecule has 1 amide bonds. The van der Waals surface area contributed by atoms with E-state index in [9.17, 15) is 9.90 Å². The number of amides is 1. The normalized spacial score (nSPS) is 11.9. The molecule has 3 N–H and O–H groups in total. The van der Waals surface area contributed by atoms with E-state index in [0.717, 1.165) is 16.8 Å². The number of rotatable bonds is 5. The van der Waals surface area contributed by atoms with Crippen molar-refractivity contribution >= 4 is 11.6 Å². The number of hydrogen-bond acceptors (Lipinski definition) is 3. The molecule has 2 rings (SSSR count). The van der Waals surface area contributed by atoms with Crippen LogP contribution in [0.1, 0.15) is 0 Å². The molecule has 2 aromatic carbocycles. The lowest BCUT2D eigenvalue weighted by Gasteiger charge is -2.26. The van der Waals surface area contributed by atoms with E-state index in [0.29, 0.717) is 0 Å². The Morgan fingerprint density at radius 1 is 1.30 bits per heavy atom. The maximum absolute atomic E-state index is 11.3. The average molecular weight is 269 g/mol. The highest BCUT2D eigenvalue weighted by molar-refractivity contribution is 5.83. The molecule has 0 saturated heterocycles. The van der Waals surface area contributed by atoms with E-state index >= 15 is 0 Å². The van der Waals surface area contributed by atoms with Crippen LogP contribution in [0.25, 0.3) is 11.1 Å². The maximum atomic E-state index is 11.3. The molecule has 0 aliphatic heterocycles. The van der Waals surface area contributed by atoms with Crippen molar-refractivity contribution in [1.29, 1.82) is 0 Å². The monoisotopic (exact) mass is 269 g/mol. The van der Waals surface area contributed by atoms with Gasteiger partial charge in [-0.3, -0.25) is 4.79 Å². The summed E-state index contributed by atoms with van der Waals surface area (Å²) in [5, 5.41) is 9.21. The summed E-state index contributed by atoms with van der Waals surface area (Å²) in [7, 11) is 1.73. The maximum Gasteiger partial charge on any atom is 0.242 e. The molecule has 1 radical (unpaired) electrons. The Balaban J connectivity index is 2.22. The summed E-state index contributed by atoms with van der Waals surface area (Å²) < 4.78 is 0. The van der Waals surface area contributed by atoms with E-state index in [2.05, 4.69) is 6.07 Å². The van der Waals surface area contributed by atoms with Crippen LogP contribution in [-0.2, 0) is 4.79 Å². The number of nitrogens with zero attached hydrogens (tertiary/aromatic N) is 1. The summed E-state index contributed by atoms with van der Waals surface area (Å²) in [6.07, 6.45) is 0. The van der Waals surface area contributed by atoms with Crippen molar-refractivity contribution in [3.8, 4) is 11.1 Å². The van der Waals surface area contributed by atoms with Gasteiger partial charge < -0.3 is 15.7 Å². The van der Waals surface area contributed by atoms with Gasteiger partial charge in [-0.25, -0.2) is 0 Å². The molecule has 1 atom stereocenters. The first-order chi connectivity index (χ1) is 9.63. The van der Waals surface area contributed by atoms with Crippen LogP contribution >= 0.6 is 0 Å². The molecule has 0 aromatic heterocycles. The molecule has 2 aromatic rings. The number of benzene rings is 2. The van der Waals surface area contributed by atoms with Crippen LogP contribution in [0.5, 0.6) is 0 Å². The second-order valence-corrected chi connectivity index (χ2v) is 4.55. The third kappa shape index (κ3) is 2.97. The van der Waals surface area contributed by atoms with E-state index in [-0.39, 0.29) is 6.61 Å². The fourth-order valence-electron chi connectivity index (χ4n) is 2.05. The standard InChI is InChI=1S/C16H17N2O2/c1-18(15(11-19)16(17)20)14-9-7-13(8-10-14)12-5-3-2-4-6-12/h2-3,5-10,15,19H,11H2,1H3,(H2,17,20). The predicted molar refractivity (Wildman–Crippen MR) is 79.2 cm³/mol. The third-order valence-corrected chi connectivity index (χ3v) is 3.28. The number of hydrogen-bond donors (Lipinski definition) is 2. The first-order valence-corrected chi connectivity index (χ1v) is 6.33. The number of likely N-dealkylation sites (N-methyl/N-ethyl adjacent to an activating group) is 1. The van der Waals surface area contributed by atoms with Gasteiger partial charge in [0.15, 0.2) is 0 Å². The van der Waals surface area contributed by atoms with Gasteiger partial charge in [0.25, 0.3) is 0 Å². The minimum atomic E-state index is -0.717. The second-order valence-electron chi connectivity index (χ2n) is 4.55. The van der Waals surface area contributed by atoms with E-state index < -0.39 is 11.9 Å². The zero-order valence-electron chi connectivity index (χ0n) is 11.3. The number of aliphatic hydroxyl groups excluding tert-OH is 1. The van der Waals surface area contributed by atoms with Crippen molar-refractivity contribution in [3.63, 3.8) is 0 Å². The van der Waals surface area contributed by atoms with Crippen LogP contribution in [-0.4, -0.2) is 30.7 Å². The van der Waals surface area contributed by atoms with Crippen LogP contribution < -0.4 is 10.6 Å². The highest BCUT2D eigenvalue weighted by Crippen LogP contribution is 2.23. The van der Waals surface area contributed by atoms with Gasteiger partial charge in [-0.1, -0.05) is 30.3 Å². The zero-order chi connectivity index (χ0) is 14.5. The van der Waals surface area contributed by atoms with Crippen molar-refractivity contribution in [2.45, 2.75) is 6.04 Å². The summed E-state index contributed by atoms with van der Waals surface area (Å²) in [5.41, 5.74) is 8.23. The molecule has 0 saturated carbocycles. The minimum absolute atomic E-state index is 0.304. The van der Waals surface area contributed by atoms with Gasteiger partial charge in [0.2, 0.25) is 5.91 Å². The van der Waals surface area contributed by atoms with Crippen LogP contribution in [0.3, 0.4) is 0 Å². The molecule has 20 heavy (non-hydrogen) atoms. The molecule has 103 valence electrons. The molecule has 4 heteroatoms. The number of carbonyl (C=O) groups is 1. The first-order valence-electron chi connectivity index (χ1n) is 6.33. The molecule has 0 aliphatic carbocycles. The molecule has 0 aliphatic rings. The van der Waals surface area contributed by atoms with Crippen LogP contribution in [0.2, 0.25) is 0 Å². The number of nitrogens with two attached hydrogens (primary N) is 1. The van der Waals surface area contributed by atoms with Crippen LogP contribution in [0.15, 0.2) is 48.5 Å². The molecular formula is C16H17N2O2. The number of anilines is 1. The Labute approximate surface area is 118 Å². The summed E-state index contributed by atoms with van der Waals surface area (Å²) in [6.45, 7) is -0.304. The highest BCUT2D eigenvalue weighted by atomic mass is 16.3. The van der Waals surface area contributed by atoms with Crippen molar-refractivity contribution in [2.75, 3.05) is 18.6 Å². The Morgan fingerprint density at radius 2 is 2.00 bits per heavy atom. The number of primary amides is 1. The SMILES string of the molecule is CN(c1ccc(-c2c[c]ccc2)cc1)C(CO)C(N)=O. The number of aliphatic hydroxyl groups is 1. The Kier molecular flexibility index (Phi) is 4.38. The topological polar surface area (TPSA) is 66.6 Å². The molecule has 0 spiro atoms. The molecule has 4 nitrogen and oxygen atoms in total. The lowest BCUT2D eigenvalue weighted by Crippen LogP contribution is -2.45. The van der Waals surface area contributed by atoms with Crippen molar-refractivity contribution in [1.82, 2.24) is 0 Å². The lowest BCUT2D eigenvalue weighted by atomic mass is 10.1.